The Kier molecular flexibility index (Phi) is 7.45. The highest BCUT2D eigenvalue weighted by Gasteiger charge is 2.34. The normalized spacial score (nSPS) is 15.1. The van der Waals surface area contributed by atoms with Crippen molar-refractivity contribution < 1.29 is 37.4 Å². The largest absolute Gasteiger partial charge is 0.465 e. The number of fused-ring (bicyclic) bond motifs is 1. The number of benzene rings is 2. The van der Waals surface area contributed by atoms with Gasteiger partial charge in [0.1, 0.15) is 11.8 Å². The average Bonchev–Trinajstić information content (AvgIpc) is 3.56. The molecule has 1 aliphatic heterocycles. The van der Waals surface area contributed by atoms with Crippen LogP contribution in [0.5, 0.6) is 11.6 Å². The molecule has 3 heterocycles. The smallest absolute Gasteiger partial charge is 0.416 e. The summed E-state index contributed by atoms with van der Waals surface area (Å²) in [4.78, 5) is 49.3. The van der Waals surface area contributed by atoms with E-state index in [1.807, 2.05) is 0 Å². The van der Waals surface area contributed by atoms with Gasteiger partial charge in [-0.2, -0.15) is 13.2 Å². The van der Waals surface area contributed by atoms with Crippen LogP contribution in [0.25, 0.3) is 21.5 Å². The van der Waals surface area contributed by atoms with Gasteiger partial charge in [0.15, 0.2) is 10.9 Å². The summed E-state index contributed by atoms with van der Waals surface area (Å²) in [5.74, 6) is -1.23. The number of carbonyl (C=O) groups excluding carboxylic acids is 2. The number of anilines is 2. The molecule has 1 aliphatic rings. The van der Waals surface area contributed by atoms with Crippen molar-refractivity contribution in [1.82, 2.24) is 19.9 Å². The van der Waals surface area contributed by atoms with Crippen LogP contribution in [-0.4, -0.2) is 56.0 Å². The Hall–Kier alpha value is -4.79. The highest BCUT2D eigenvalue weighted by Crippen LogP contribution is 2.38. The first-order chi connectivity index (χ1) is 19.5. The van der Waals surface area contributed by atoms with Crippen LogP contribution in [0.15, 0.2) is 48.8 Å². The average molecular weight is 587 g/mol. The molecular weight excluding hydrogens is 565 g/mol. The van der Waals surface area contributed by atoms with Crippen molar-refractivity contribution in [3.63, 3.8) is 0 Å². The fourth-order valence-corrected chi connectivity index (χ4v) is 5.22. The highest BCUT2D eigenvalue weighted by atomic mass is 32.1. The number of hydrogen-bond acceptors (Lipinski definition) is 8. The molecule has 5 rings (SSSR count). The maximum atomic E-state index is 13.5. The van der Waals surface area contributed by atoms with E-state index in [0.717, 1.165) is 21.7 Å². The van der Waals surface area contributed by atoms with Crippen molar-refractivity contribution in [1.29, 1.82) is 0 Å². The lowest BCUT2D eigenvalue weighted by Gasteiger charge is -2.17. The van der Waals surface area contributed by atoms with Crippen molar-refractivity contribution in [2.24, 2.45) is 5.92 Å². The van der Waals surface area contributed by atoms with Crippen molar-refractivity contribution in [2.75, 3.05) is 23.7 Å². The number of rotatable bonds is 6. The summed E-state index contributed by atoms with van der Waals surface area (Å²) in [6.45, 7) is 1.45. The Morgan fingerprint density at radius 1 is 1.12 bits per heavy atom. The number of alkyl halides is 3. The van der Waals surface area contributed by atoms with Gasteiger partial charge in [0.05, 0.1) is 27.6 Å². The molecule has 212 valence electrons. The third kappa shape index (κ3) is 6.19. The van der Waals surface area contributed by atoms with Crippen LogP contribution < -0.4 is 15.4 Å². The van der Waals surface area contributed by atoms with E-state index in [1.165, 1.54) is 36.7 Å². The van der Waals surface area contributed by atoms with E-state index >= 15 is 0 Å². The van der Waals surface area contributed by atoms with E-state index in [1.54, 1.807) is 18.2 Å². The molecule has 3 N–H and O–H groups in total. The van der Waals surface area contributed by atoms with Crippen molar-refractivity contribution in [3.8, 4) is 22.9 Å². The van der Waals surface area contributed by atoms with Crippen LogP contribution in [0, 0.1) is 5.92 Å². The van der Waals surface area contributed by atoms with Gasteiger partial charge < -0.3 is 25.4 Å². The van der Waals surface area contributed by atoms with Gasteiger partial charge in [0.2, 0.25) is 17.7 Å². The Labute approximate surface area is 234 Å². The molecule has 11 nitrogen and oxygen atoms in total. The van der Waals surface area contributed by atoms with Gasteiger partial charge in [0.25, 0.3) is 0 Å². The maximum absolute atomic E-state index is 13.5. The molecule has 0 saturated carbocycles. The first-order valence-corrected chi connectivity index (χ1v) is 13.0. The first-order valence-electron chi connectivity index (χ1n) is 12.2. The van der Waals surface area contributed by atoms with Gasteiger partial charge in [0, 0.05) is 31.6 Å². The number of aromatic nitrogens is 3. The molecule has 1 unspecified atom stereocenters. The molecular formula is C26H21F3N6O5S. The number of nitrogens with one attached hydrogen (secondary N) is 2. The van der Waals surface area contributed by atoms with Crippen molar-refractivity contribution in [2.45, 2.75) is 19.5 Å². The van der Waals surface area contributed by atoms with Crippen LogP contribution in [-0.2, 0) is 15.8 Å². The number of amides is 3. The molecule has 1 atom stereocenters. The van der Waals surface area contributed by atoms with Gasteiger partial charge in [-0.1, -0.05) is 23.5 Å². The number of para-hydroxylation sites is 1. The Morgan fingerprint density at radius 2 is 1.93 bits per heavy atom. The molecule has 1 saturated heterocycles. The fraction of sp³-hybridized carbons (Fsp3) is 0.231. The summed E-state index contributed by atoms with van der Waals surface area (Å²) in [5.41, 5.74) is -0.319. The third-order valence-electron chi connectivity index (χ3n) is 6.23. The summed E-state index contributed by atoms with van der Waals surface area (Å²) in [6.07, 6.45) is -4.44. The molecule has 0 bridgehead atoms. The van der Waals surface area contributed by atoms with Gasteiger partial charge in [-0.25, -0.2) is 19.7 Å². The minimum atomic E-state index is -4.67. The molecule has 0 spiro atoms. The summed E-state index contributed by atoms with van der Waals surface area (Å²) in [7, 11) is 0. The fourth-order valence-electron chi connectivity index (χ4n) is 4.30. The predicted octanol–water partition coefficient (Wildman–Crippen LogP) is 5.46. The molecule has 0 radical (unpaired) electrons. The summed E-state index contributed by atoms with van der Waals surface area (Å²) in [5, 5.41) is 14.7. The van der Waals surface area contributed by atoms with Crippen LogP contribution in [0.1, 0.15) is 18.9 Å². The van der Waals surface area contributed by atoms with Crippen LogP contribution in [0.3, 0.4) is 0 Å². The SMILES string of the molecule is CC(=O)Nc1nc2c(Oc3cc(-c4ccc(C(F)(F)F)cc4NC(=O)C4CCN(C(=O)O)C4)ncn3)cccc2s1. The Bertz CT molecular complexity index is 1660. The second kappa shape index (κ2) is 11.0. The second-order valence-corrected chi connectivity index (χ2v) is 10.1. The number of hydrogen-bond donors (Lipinski definition) is 3. The summed E-state index contributed by atoms with van der Waals surface area (Å²) < 4.78 is 47.3. The maximum Gasteiger partial charge on any atom is 0.416 e. The Morgan fingerprint density at radius 3 is 2.63 bits per heavy atom. The van der Waals surface area contributed by atoms with Crippen LogP contribution in [0.4, 0.5) is 28.8 Å². The zero-order valence-corrected chi connectivity index (χ0v) is 22.0. The van der Waals surface area contributed by atoms with Gasteiger partial charge in [-0.05, 0) is 30.7 Å². The second-order valence-electron chi connectivity index (χ2n) is 9.11. The number of halogens is 3. The van der Waals surface area contributed by atoms with E-state index < -0.39 is 29.7 Å². The predicted molar refractivity (Wildman–Crippen MR) is 143 cm³/mol. The van der Waals surface area contributed by atoms with E-state index in [9.17, 15) is 32.7 Å². The van der Waals surface area contributed by atoms with E-state index in [-0.39, 0.29) is 48.2 Å². The number of likely N-dealkylation sites (tertiary alicyclic amines) is 1. The molecule has 4 aromatic rings. The molecule has 2 aromatic carbocycles. The van der Waals surface area contributed by atoms with E-state index in [4.69, 9.17) is 4.74 Å². The van der Waals surface area contributed by atoms with E-state index in [2.05, 4.69) is 25.6 Å². The Balaban J connectivity index is 1.45. The number of carboxylic acid groups (broad SMARTS) is 1. The lowest BCUT2D eigenvalue weighted by Crippen LogP contribution is -2.30. The zero-order valence-electron chi connectivity index (χ0n) is 21.2. The summed E-state index contributed by atoms with van der Waals surface area (Å²) in [6, 6.07) is 9.44. The molecule has 2 aromatic heterocycles. The lowest BCUT2D eigenvalue weighted by atomic mass is 10.0. The number of thiazole rings is 1. The summed E-state index contributed by atoms with van der Waals surface area (Å²) >= 11 is 1.25. The molecule has 15 heteroatoms. The van der Waals surface area contributed by atoms with Gasteiger partial charge in [-0.3, -0.25) is 9.59 Å². The number of nitrogens with zero attached hydrogens (tertiary/aromatic N) is 4. The highest BCUT2D eigenvalue weighted by molar-refractivity contribution is 7.22. The van der Waals surface area contributed by atoms with Crippen LogP contribution in [0.2, 0.25) is 0 Å². The zero-order chi connectivity index (χ0) is 29.3. The molecule has 1 fully saturated rings. The number of carbonyl (C=O) groups is 3. The topological polar surface area (TPSA) is 147 Å². The molecule has 3 amide bonds. The quantitative estimate of drug-likeness (QED) is 0.270. The number of ether oxygens (including phenoxy) is 1. The minimum absolute atomic E-state index is 0.0571. The van der Waals surface area contributed by atoms with E-state index in [0.29, 0.717) is 16.4 Å². The first kappa shape index (κ1) is 27.8. The van der Waals surface area contributed by atoms with Crippen molar-refractivity contribution >= 4 is 50.3 Å². The minimum Gasteiger partial charge on any atom is -0.465 e. The standard InChI is InChI=1S/C26H21F3N6O5S/c1-13(36)32-24-34-22-19(3-2-4-20(22)41-24)40-21-10-17(30-12-31-21)16-6-5-15(26(27,28)29)9-18(16)33-23(37)14-7-8-35(11-14)25(38)39/h2-6,9-10,12,14H,7-8,11H2,1H3,(H,33,37)(H,38,39)(H,32,34,36). The molecule has 41 heavy (non-hydrogen) atoms. The lowest BCUT2D eigenvalue weighted by molar-refractivity contribution is -0.137. The van der Waals surface area contributed by atoms with Gasteiger partial charge in [-0.15, -0.1) is 0 Å². The third-order valence-corrected chi connectivity index (χ3v) is 7.17. The van der Waals surface area contributed by atoms with Crippen LogP contribution >= 0.6 is 11.3 Å². The van der Waals surface area contributed by atoms with Gasteiger partial charge >= 0.3 is 12.3 Å². The molecule has 0 aliphatic carbocycles. The van der Waals surface area contributed by atoms with Crippen molar-refractivity contribution in [3.05, 3.63) is 54.4 Å². The monoisotopic (exact) mass is 586 g/mol.